The van der Waals surface area contributed by atoms with E-state index < -0.39 is 19.8 Å². The monoisotopic (exact) mass is 243 g/mol. The number of nitrogens with one attached hydrogen (secondary N) is 1. The van der Waals surface area contributed by atoms with Gasteiger partial charge in [-0.05, 0) is 0 Å². The van der Waals surface area contributed by atoms with Crippen molar-refractivity contribution in [2.75, 3.05) is 23.0 Å². The SMILES string of the molecule is CNCCI(C)C(C)C. The minimum absolute atomic E-state index is 0.511. The van der Waals surface area contributed by atoms with E-state index in [1.54, 1.807) is 0 Å². The average molecular weight is 243 g/mol. The fraction of sp³-hybridized carbons (Fsp3) is 1.00. The van der Waals surface area contributed by atoms with E-state index in [-0.39, 0.29) is 0 Å². The van der Waals surface area contributed by atoms with Crippen molar-refractivity contribution in [2.24, 2.45) is 0 Å². The van der Waals surface area contributed by atoms with E-state index in [4.69, 9.17) is 0 Å². The standard InChI is InChI=1S/C7H18IN/c1-7(2)8(3)5-6-9-4/h7,9H,5-6H2,1-4H3. The maximum atomic E-state index is 3.19. The molecule has 0 fully saturated rings. The van der Waals surface area contributed by atoms with Gasteiger partial charge in [-0.1, -0.05) is 0 Å². The van der Waals surface area contributed by atoms with E-state index in [1.807, 2.05) is 7.05 Å². The van der Waals surface area contributed by atoms with Gasteiger partial charge >= 0.3 is 65.9 Å². The van der Waals surface area contributed by atoms with Gasteiger partial charge in [0.2, 0.25) is 0 Å². The molecule has 0 aliphatic rings. The Morgan fingerprint density at radius 1 is 1.44 bits per heavy atom. The molecule has 58 valence electrons. The second-order valence-corrected chi connectivity index (χ2v) is 9.67. The first-order valence-electron chi connectivity index (χ1n) is 3.37. The van der Waals surface area contributed by atoms with Gasteiger partial charge in [-0.25, -0.2) is 0 Å². The molecule has 0 spiro atoms. The Morgan fingerprint density at radius 2 is 2.00 bits per heavy atom. The van der Waals surface area contributed by atoms with Crippen molar-refractivity contribution in [1.29, 1.82) is 0 Å². The van der Waals surface area contributed by atoms with Crippen LogP contribution in [0.1, 0.15) is 13.8 Å². The van der Waals surface area contributed by atoms with Crippen LogP contribution in [-0.2, 0) is 0 Å². The van der Waals surface area contributed by atoms with Gasteiger partial charge in [0.05, 0.1) is 0 Å². The summed E-state index contributed by atoms with van der Waals surface area (Å²) in [6, 6.07) is 0. The fourth-order valence-electron chi connectivity index (χ4n) is 0.462. The van der Waals surface area contributed by atoms with E-state index >= 15 is 0 Å². The molecule has 9 heavy (non-hydrogen) atoms. The second-order valence-electron chi connectivity index (χ2n) is 2.45. The Kier molecular flexibility index (Phi) is 5.89. The van der Waals surface area contributed by atoms with Crippen LogP contribution in [0.15, 0.2) is 0 Å². The number of halogens is 1. The molecule has 0 aliphatic heterocycles. The van der Waals surface area contributed by atoms with E-state index in [1.165, 1.54) is 11.0 Å². The van der Waals surface area contributed by atoms with Crippen LogP contribution >= 0.6 is 19.8 Å². The molecule has 0 aromatic heterocycles. The Hall–Kier alpha value is 0.690. The van der Waals surface area contributed by atoms with Crippen molar-refractivity contribution < 1.29 is 0 Å². The zero-order valence-corrected chi connectivity index (χ0v) is 9.03. The Balaban J connectivity index is 3.16. The summed E-state index contributed by atoms with van der Waals surface area (Å²) < 4.78 is 2.44. The molecule has 1 N–H and O–H groups in total. The molecule has 0 heterocycles. The van der Waals surface area contributed by atoms with Gasteiger partial charge in [0, 0.05) is 0 Å². The summed E-state index contributed by atoms with van der Waals surface area (Å²) in [5, 5.41) is 3.19. The van der Waals surface area contributed by atoms with Crippen LogP contribution in [0.4, 0.5) is 0 Å². The molecule has 0 aliphatic carbocycles. The fourth-order valence-corrected chi connectivity index (χ4v) is 3.10. The first-order valence-corrected chi connectivity index (χ1v) is 8.30. The van der Waals surface area contributed by atoms with E-state index in [0.717, 1.165) is 3.92 Å². The molecular weight excluding hydrogens is 225 g/mol. The van der Waals surface area contributed by atoms with Gasteiger partial charge < -0.3 is 0 Å². The zero-order valence-electron chi connectivity index (χ0n) is 6.87. The normalized spacial score (nSPS) is 12.3. The molecule has 0 saturated carbocycles. The predicted molar refractivity (Wildman–Crippen MR) is 53.9 cm³/mol. The minimum atomic E-state index is -0.511. The summed E-state index contributed by atoms with van der Waals surface area (Å²) in [5.74, 6) is 0. The second kappa shape index (κ2) is 5.47. The van der Waals surface area contributed by atoms with Crippen LogP contribution in [0.25, 0.3) is 0 Å². The average Bonchev–Trinajstić information content (AvgIpc) is 1.82. The molecule has 0 unspecified atom stereocenters. The first-order chi connectivity index (χ1) is 4.18. The molecule has 1 nitrogen and oxygen atoms in total. The van der Waals surface area contributed by atoms with Gasteiger partial charge in [0.15, 0.2) is 0 Å². The van der Waals surface area contributed by atoms with Crippen LogP contribution in [0.3, 0.4) is 0 Å². The molecule has 2 heteroatoms. The molecule has 0 atom stereocenters. The Labute approximate surface area is 66.0 Å². The molecular formula is C7H18IN. The third-order valence-corrected chi connectivity index (χ3v) is 7.88. The molecule has 0 radical (unpaired) electrons. The van der Waals surface area contributed by atoms with Gasteiger partial charge in [0.25, 0.3) is 0 Å². The van der Waals surface area contributed by atoms with Gasteiger partial charge in [0.1, 0.15) is 0 Å². The van der Waals surface area contributed by atoms with Gasteiger partial charge in [-0.2, -0.15) is 0 Å². The molecule has 0 amide bonds. The molecule has 0 rings (SSSR count). The topological polar surface area (TPSA) is 12.0 Å². The van der Waals surface area contributed by atoms with E-state index in [2.05, 4.69) is 24.1 Å². The van der Waals surface area contributed by atoms with Crippen molar-refractivity contribution in [1.82, 2.24) is 5.32 Å². The Bertz CT molecular complexity index is 63.9. The van der Waals surface area contributed by atoms with Crippen LogP contribution < -0.4 is 5.32 Å². The predicted octanol–water partition coefficient (Wildman–Crippen LogP) is 1.75. The zero-order chi connectivity index (χ0) is 7.28. The van der Waals surface area contributed by atoms with Crippen molar-refractivity contribution in [3.8, 4) is 0 Å². The molecule has 0 aromatic rings. The summed E-state index contributed by atoms with van der Waals surface area (Å²) in [4.78, 5) is 2.46. The summed E-state index contributed by atoms with van der Waals surface area (Å²) >= 11 is -0.511. The molecule has 0 saturated heterocycles. The summed E-state index contributed by atoms with van der Waals surface area (Å²) in [6.45, 7) is 5.92. The first kappa shape index (κ1) is 9.69. The number of rotatable bonds is 4. The third-order valence-electron chi connectivity index (χ3n) is 1.39. The molecule has 0 bridgehead atoms. The number of hydrogen-bond donors (Lipinski definition) is 1. The summed E-state index contributed by atoms with van der Waals surface area (Å²) in [6.07, 6.45) is 0. The van der Waals surface area contributed by atoms with Gasteiger partial charge in [-0.15, -0.1) is 0 Å². The maximum absolute atomic E-state index is 3.19. The van der Waals surface area contributed by atoms with Crippen LogP contribution in [0.2, 0.25) is 0 Å². The van der Waals surface area contributed by atoms with E-state index in [9.17, 15) is 0 Å². The number of alkyl halides is 3. The third kappa shape index (κ3) is 5.15. The van der Waals surface area contributed by atoms with Crippen molar-refractivity contribution in [2.45, 2.75) is 17.8 Å². The quantitative estimate of drug-likeness (QED) is 0.586. The Morgan fingerprint density at radius 3 is 2.33 bits per heavy atom. The van der Waals surface area contributed by atoms with E-state index in [0.29, 0.717) is 0 Å². The van der Waals surface area contributed by atoms with Crippen LogP contribution in [0.5, 0.6) is 0 Å². The summed E-state index contributed by atoms with van der Waals surface area (Å²) in [5.41, 5.74) is 0. The van der Waals surface area contributed by atoms with Crippen LogP contribution in [0, 0.1) is 0 Å². The van der Waals surface area contributed by atoms with Crippen molar-refractivity contribution >= 4 is 19.8 Å². The number of hydrogen-bond acceptors (Lipinski definition) is 1. The van der Waals surface area contributed by atoms with Crippen molar-refractivity contribution in [3.63, 3.8) is 0 Å². The van der Waals surface area contributed by atoms with Crippen LogP contribution in [-0.4, -0.2) is 26.9 Å². The van der Waals surface area contributed by atoms with Gasteiger partial charge in [-0.3, -0.25) is 0 Å². The molecule has 0 aromatic carbocycles. The summed E-state index contributed by atoms with van der Waals surface area (Å²) in [7, 11) is 2.03. The van der Waals surface area contributed by atoms with Crippen molar-refractivity contribution in [3.05, 3.63) is 0 Å².